The minimum absolute atomic E-state index is 0.0232. The summed E-state index contributed by atoms with van der Waals surface area (Å²) < 4.78 is 22.4. The van der Waals surface area contributed by atoms with Gasteiger partial charge < -0.3 is 44.5 Å². The third-order valence-corrected chi connectivity index (χ3v) is 7.35. The quantitative estimate of drug-likeness (QED) is 0.121. The van der Waals surface area contributed by atoms with Crippen molar-refractivity contribution in [3.8, 4) is 5.75 Å². The van der Waals surface area contributed by atoms with E-state index < -0.39 is 67.4 Å². The number of rotatable bonds is 8. The number of carbonyl (C=O) groups excluding carboxylic acids is 3. The molecule has 41 heavy (non-hydrogen) atoms. The first-order chi connectivity index (χ1) is 19.6. The highest BCUT2D eigenvalue weighted by atomic mass is 16.7. The van der Waals surface area contributed by atoms with Gasteiger partial charge in [-0.3, -0.25) is 9.59 Å². The number of hydrogen-bond acceptors (Lipinski definition) is 12. The molecule has 0 bridgehead atoms. The highest BCUT2D eigenvalue weighted by molar-refractivity contribution is 5.91. The first-order valence-corrected chi connectivity index (χ1v) is 13.2. The first-order valence-electron chi connectivity index (χ1n) is 13.2. The van der Waals surface area contributed by atoms with Crippen LogP contribution in [0.25, 0.3) is 0 Å². The summed E-state index contributed by atoms with van der Waals surface area (Å²) in [5, 5.41) is 51.0. The van der Waals surface area contributed by atoms with E-state index in [-0.39, 0.29) is 30.8 Å². The number of esters is 2. The molecule has 2 saturated heterocycles. The van der Waals surface area contributed by atoms with E-state index in [9.17, 15) is 39.9 Å². The van der Waals surface area contributed by atoms with Gasteiger partial charge in [-0.25, -0.2) is 4.79 Å². The van der Waals surface area contributed by atoms with Crippen molar-refractivity contribution < 1.29 is 58.9 Å². The van der Waals surface area contributed by atoms with Gasteiger partial charge in [0.25, 0.3) is 0 Å². The molecular formula is C29H34O12. The van der Waals surface area contributed by atoms with Crippen molar-refractivity contribution in [2.45, 2.75) is 68.6 Å². The lowest BCUT2D eigenvalue weighted by molar-refractivity contribution is -0.302. The van der Waals surface area contributed by atoms with Gasteiger partial charge in [-0.15, -0.1) is 0 Å². The van der Waals surface area contributed by atoms with Gasteiger partial charge in [0, 0.05) is 12.0 Å². The Kier molecular flexibility index (Phi) is 10.1. The third-order valence-electron chi connectivity index (χ3n) is 7.35. The van der Waals surface area contributed by atoms with Gasteiger partial charge in [0.2, 0.25) is 0 Å². The Bertz CT molecular complexity index is 1190. The second-order valence-electron chi connectivity index (χ2n) is 10.3. The van der Waals surface area contributed by atoms with E-state index in [1.54, 1.807) is 12.2 Å². The molecule has 8 atom stereocenters. The zero-order chi connectivity index (χ0) is 29.7. The number of benzene rings is 1. The number of ether oxygens (including phenoxy) is 4. The molecule has 0 spiro atoms. The van der Waals surface area contributed by atoms with Crippen LogP contribution >= 0.6 is 0 Å². The van der Waals surface area contributed by atoms with Crippen LogP contribution < -0.4 is 0 Å². The number of aliphatic hydroxyl groups is 4. The number of phenols is 1. The molecular weight excluding hydrogens is 540 g/mol. The minimum atomic E-state index is -1.65. The average molecular weight is 575 g/mol. The fourth-order valence-corrected chi connectivity index (χ4v) is 5.10. The lowest BCUT2D eigenvalue weighted by Gasteiger charge is -2.41. The Morgan fingerprint density at radius 1 is 1.15 bits per heavy atom. The molecule has 0 amide bonds. The van der Waals surface area contributed by atoms with Crippen LogP contribution in [0, 0.1) is 5.92 Å². The van der Waals surface area contributed by atoms with E-state index in [0.717, 1.165) is 0 Å². The number of phenolic OH excluding ortho intramolecular Hbond substituents is 1. The number of fused-ring (bicyclic) bond motifs is 1. The molecule has 4 rings (SSSR count). The fourth-order valence-electron chi connectivity index (χ4n) is 5.10. The summed E-state index contributed by atoms with van der Waals surface area (Å²) in [6, 6.07) is 5.87. The molecule has 1 aliphatic carbocycles. The Labute approximate surface area is 236 Å². The number of aldehydes is 1. The molecule has 222 valence electrons. The Morgan fingerprint density at radius 2 is 1.88 bits per heavy atom. The van der Waals surface area contributed by atoms with Gasteiger partial charge in [-0.2, -0.15) is 0 Å². The minimum Gasteiger partial charge on any atom is -0.508 e. The Hall–Kier alpha value is -3.39. The summed E-state index contributed by atoms with van der Waals surface area (Å²) in [7, 11) is 0. The zero-order valence-electron chi connectivity index (χ0n) is 22.2. The van der Waals surface area contributed by atoms with Crippen LogP contribution in [0.15, 0.2) is 59.7 Å². The zero-order valence-corrected chi connectivity index (χ0v) is 22.2. The summed E-state index contributed by atoms with van der Waals surface area (Å²) in [5.74, 6) is -2.18. The van der Waals surface area contributed by atoms with Crippen LogP contribution in [0.5, 0.6) is 5.75 Å². The van der Waals surface area contributed by atoms with Gasteiger partial charge in [-0.1, -0.05) is 24.8 Å². The number of aliphatic hydroxyl groups excluding tert-OH is 4. The molecule has 0 aromatic heterocycles. The highest BCUT2D eigenvalue weighted by Gasteiger charge is 2.47. The number of carbonyl (C=O) groups is 3. The number of aromatic hydroxyl groups is 1. The SMILES string of the molecule is C=C1C(=O)O[C@@H]2/C=C(\COC3OC(CO)C(O)C(O)C3OC(=O)Cc3ccc(O)cc3)CC/C=C(/C=O)C[C@H](O)[C@@H]12. The van der Waals surface area contributed by atoms with Crippen molar-refractivity contribution in [3.63, 3.8) is 0 Å². The van der Waals surface area contributed by atoms with Gasteiger partial charge in [0.1, 0.15) is 36.5 Å². The second kappa shape index (κ2) is 13.5. The van der Waals surface area contributed by atoms with Gasteiger partial charge in [-0.05, 0) is 47.8 Å². The summed E-state index contributed by atoms with van der Waals surface area (Å²) in [4.78, 5) is 36.4. The van der Waals surface area contributed by atoms with Crippen LogP contribution in [0.1, 0.15) is 24.8 Å². The summed E-state index contributed by atoms with van der Waals surface area (Å²) in [6.07, 6.45) is -4.69. The second-order valence-corrected chi connectivity index (χ2v) is 10.3. The molecule has 3 aliphatic rings. The van der Waals surface area contributed by atoms with Crippen LogP contribution in [0.2, 0.25) is 0 Å². The number of allylic oxidation sites excluding steroid dienone is 1. The van der Waals surface area contributed by atoms with Crippen LogP contribution in [0.4, 0.5) is 0 Å². The maximum atomic E-state index is 12.7. The largest absolute Gasteiger partial charge is 0.508 e. The summed E-state index contributed by atoms with van der Waals surface area (Å²) >= 11 is 0. The van der Waals surface area contributed by atoms with Crippen molar-refractivity contribution >= 4 is 18.2 Å². The van der Waals surface area contributed by atoms with Crippen molar-refractivity contribution in [3.05, 3.63) is 65.3 Å². The lowest BCUT2D eigenvalue weighted by atomic mass is 9.85. The van der Waals surface area contributed by atoms with E-state index in [0.29, 0.717) is 35.8 Å². The Balaban J connectivity index is 1.52. The van der Waals surface area contributed by atoms with E-state index in [4.69, 9.17) is 18.9 Å². The smallest absolute Gasteiger partial charge is 0.334 e. The van der Waals surface area contributed by atoms with Gasteiger partial charge >= 0.3 is 11.9 Å². The normalized spacial score (nSPS) is 34.8. The molecule has 2 aliphatic heterocycles. The Morgan fingerprint density at radius 3 is 2.56 bits per heavy atom. The van der Waals surface area contributed by atoms with Gasteiger partial charge in [0.15, 0.2) is 12.4 Å². The van der Waals surface area contributed by atoms with E-state index >= 15 is 0 Å². The molecule has 12 heteroatoms. The first kappa shape index (κ1) is 30.6. The number of hydrogen-bond donors (Lipinski definition) is 5. The topological polar surface area (TPSA) is 189 Å². The van der Waals surface area contributed by atoms with Crippen LogP contribution in [-0.4, -0.2) is 99.9 Å². The predicted octanol–water partition coefficient (Wildman–Crippen LogP) is -0.00360. The van der Waals surface area contributed by atoms with Crippen molar-refractivity contribution in [2.24, 2.45) is 5.92 Å². The average Bonchev–Trinajstić information content (AvgIpc) is 3.23. The molecule has 2 fully saturated rings. The molecule has 1 aromatic carbocycles. The van der Waals surface area contributed by atoms with Crippen molar-refractivity contribution in [1.29, 1.82) is 0 Å². The third kappa shape index (κ3) is 7.28. The standard InChI is InChI=1S/C29H34O12/c1-15-24-20(33)9-17(12-30)3-2-4-18(10-21(24)39-28(15)37)14-38-29-27(26(36)25(35)22(13-31)40-29)41-23(34)11-16-5-7-19(32)8-6-16/h3,5-8,10,12,20-22,24-27,29,31-33,35-36H,1-2,4,9,11,13-14H2/b17-3+,18-10-/t20-,21+,22?,24+,25?,26?,27?,29?/m0/s1. The van der Waals surface area contributed by atoms with Crippen LogP contribution in [0.3, 0.4) is 0 Å². The summed E-state index contributed by atoms with van der Waals surface area (Å²) in [5.41, 5.74) is 1.58. The molecule has 0 saturated carbocycles. The van der Waals surface area contributed by atoms with E-state index in [1.807, 2.05) is 0 Å². The van der Waals surface area contributed by atoms with Crippen molar-refractivity contribution in [1.82, 2.24) is 0 Å². The van der Waals surface area contributed by atoms with E-state index in [2.05, 4.69) is 6.58 Å². The van der Waals surface area contributed by atoms with E-state index in [1.165, 1.54) is 24.3 Å². The molecule has 2 heterocycles. The molecule has 5 N–H and O–H groups in total. The summed E-state index contributed by atoms with van der Waals surface area (Å²) in [6.45, 7) is 2.93. The fraction of sp³-hybridized carbons (Fsp3) is 0.483. The maximum Gasteiger partial charge on any atom is 0.334 e. The maximum absolute atomic E-state index is 12.7. The monoisotopic (exact) mass is 574 g/mol. The molecule has 5 unspecified atom stereocenters. The van der Waals surface area contributed by atoms with Gasteiger partial charge in [0.05, 0.1) is 31.7 Å². The molecule has 1 aromatic rings. The lowest BCUT2D eigenvalue weighted by Crippen LogP contribution is -2.60. The molecule has 12 nitrogen and oxygen atoms in total. The molecule has 0 radical (unpaired) electrons. The van der Waals surface area contributed by atoms with Crippen LogP contribution in [-0.2, 0) is 39.8 Å². The highest BCUT2D eigenvalue weighted by Crippen LogP contribution is 2.35. The van der Waals surface area contributed by atoms with Crippen molar-refractivity contribution in [2.75, 3.05) is 13.2 Å². The predicted molar refractivity (Wildman–Crippen MR) is 140 cm³/mol.